The van der Waals surface area contributed by atoms with Gasteiger partial charge in [0.15, 0.2) is 0 Å². The first-order valence-corrected chi connectivity index (χ1v) is 7.82. The lowest BCUT2D eigenvalue weighted by atomic mass is 10.1. The van der Waals surface area contributed by atoms with Gasteiger partial charge in [0.05, 0.1) is 23.8 Å². The van der Waals surface area contributed by atoms with Crippen molar-refractivity contribution in [1.29, 1.82) is 0 Å². The third-order valence-electron chi connectivity index (χ3n) is 3.69. The lowest BCUT2D eigenvalue weighted by Crippen LogP contribution is -2.14. The third kappa shape index (κ3) is 3.28. The van der Waals surface area contributed by atoms with Crippen LogP contribution in [0.15, 0.2) is 36.7 Å². The molecule has 0 aliphatic rings. The summed E-state index contributed by atoms with van der Waals surface area (Å²) in [5, 5.41) is 15.2. The van der Waals surface area contributed by atoms with Gasteiger partial charge in [0.1, 0.15) is 5.82 Å². The molecule has 2 heterocycles. The summed E-state index contributed by atoms with van der Waals surface area (Å²) >= 11 is 0. The predicted molar refractivity (Wildman–Crippen MR) is 93.6 cm³/mol. The number of nitrogens with one attached hydrogen (secondary N) is 1. The first kappa shape index (κ1) is 16.1. The number of pyridine rings is 2. The summed E-state index contributed by atoms with van der Waals surface area (Å²) < 4.78 is 5.53. The van der Waals surface area contributed by atoms with Gasteiger partial charge in [0.2, 0.25) is 0 Å². The van der Waals surface area contributed by atoms with Crippen LogP contribution in [0.25, 0.3) is 21.7 Å². The van der Waals surface area contributed by atoms with E-state index in [1.165, 1.54) is 0 Å². The van der Waals surface area contributed by atoms with Crippen LogP contribution >= 0.6 is 0 Å². The van der Waals surface area contributed by atoms with E-state index in [9.17, 15) is 9.90 Å². The van der Waals surface area contributed by atoms with Gasteiger partial charge in [-0.05, 0) is 32.0 Å². The van der Waals surface area contributed by atoms with E-state index in [0.717, 1.165) is 16.2 Å². The van der Waals surface area contributed by atoms with Gasteiger partial charge in [-0.1, -0.05) is 6.07 Å². The highest BCUT2D eigenvalue weighted by Crippen LogP contribution is 2.29. The molecular formula is C18H19N3O3. The van der Waals surface area contributed by atoms with Crippen molar-refractivity contribution >= 4 is 33.5 Å². The molecule has 124 valence electrons. The first-order valence-electron chi connectivity index (χ1n) is 7.82. The Morgan fingerprint density at radius 3 is 2.83 bits per heavy atom. The molecule has 1 aromatic carbocycles. The number of carboxylic acid groups (broad SMARTS) is 1. The van der Waals surface area contributed by atoms with Crippen molar-refractivity contribution in [2.45, 2.75) is 20.0 Å². The molecule has 0 saturated carbocycles. The van der Waals surface area contributed by atoms with Crippen LogP contribution in [-0.4, -0.2) is 40.3 Å². The van der Waals surface area contributed by atoms with Crippen LogP contribution < -0.4 is 5.32 Å². The van der Waals surface area contributed by atoms with Crippen molar-refractivity contribution in [1.82, 2.24) is 9.97 Å². The summed E-state index contributed by atoms with van der Waals surface area (Å²) in [4.78, 5) is 20.0. The Bertz CT molecular complexity index is 893. The van der Waals surface area contributed by atoms with E-state index in [2.05, 4.69) is 15.3 Å². The Morgan fingerprint density at radius 2 is 2.08 bits per heavy atom. The lowest BCUT2D eigenvalue weighted by molar-refractivity contribution is 0.0697. The Hall–Kier alpha value is -2.73. The van der Waals surface area contributed by atoms with Crippen LogP contribution in [0.5, 0.6) is 0 Å². The molecule has 6 nitrogen and oxygen atoms in total. The van der Waals surface area contributed by atoms with Crippen molar-refractivity contribution in [2.75, 3.05) is 18.5 Å². The molecule has 0 fully saturated rings. The molecule has 2 aromatic heterocycles. The molecule has 3 aromatic rings. The van der Waals surface area contributed by atoms with E-state index < -0.39 is 5.97 Å². The highest BCUT2D eigenvalue weighted by Gasteiger charge is 2.11. The Morgan fingerprint density at radius 1 is 1.25 bits per heavy atom. The highest BCUT2D eigenvalue weighted by atomic mass is 16.5. The molecule has 0 amide bonds. The molecule has 0 saturated heterocycles. The summed E-state index contributed by atoms with van der Waals surface area (Å²) in [5.41, 5.74) is 0.843. The summed E-state index contributed by atoms with van der Waals surface area (Å²) in [5.74, 6) is -0.264. The van der Waals surface area contributed by atoms with Crippen LogP contribution in [0, 0.1) is 0 Å². The van der Waals surface area contributed by atoms with Crippen LogP contribution in [0.1, 0.15) is 24.2 Å². The standard InChI is InChI=1S/C18H19N3O3/c1-11(2)24-8-7-20-17-14-5-6-19-10-15(14)13-4-3-12(18(22)23)9-16(13)21-17/h3-6,9-11H,7-8H2,1-2H3,(H,20,21)(H,22,23). The number of benzene rings is 1. The maximum Gasteiger partial charge on any atom is 0.335 e. The molecule has 24 heavy (non-hydrogen) atoms. The number of carbonyl (C=O) groups is 1. The van der Waals surface area contributed by atoms with Gasteiger partial charge in [-0.25, -0.2) is 9.78 Å². The van der Waals surface area contributed by atoms with Gasteiger partial charge in [-0.2, -0.15) is 0 Å². The topological polar surface area (TPSA) is 84.3 Å². The van der Waals surface area contributed by atoms with Crippen LogP contribution in [0.2, 0.25) is 0 Å². The van der Waals surface area contributed by atoms with Gasteiger partial charge >= 0.3 is 5.97 Å². The molecule has 0 atom stereocenters. The second-order valence-electron chi connectivity index (χ2n) is 5.77. The third-order valence-corrected chi connectivity index (χ3v) is 3.69. The number of hydrogen-bond acceptors (Lipinski definition) is 5. The van der Waals surface area contributed by atoms with E-state index in [4.69, 9.17) is 4.74 Å². The number of hydrogen-bond donors (Lipinski definition) is 2. The SMILES string of the molecule is CC(C)OCCNc1nc2cc(C(=O)O)ccc2c2cnccc12. The fourth-order valence-electron chi connectivity index (χ4n) is 2.58. The number of ether oxygens (including phenoxy) is 1. The molecule has 0 bridgehead atoms. The number of fused-ring (bicyclic) bond motifs is 3. The molecule has 0 aliphatic carbocycles. The second-order valence-corrected chi connectivity index (χ2v) is 5.77. The molecule has 0 unspecified atom stereocenters. The number of aromatic carboxylic acids is 1. The van der Waals surface area contributed by atoms with Crippen molar-refractivity contribution in [3.63, 3.8) is 0 Å². The minimum atomic E-state index is -0.968. The number of carboxylic acids is 1. The zero-order valence-electron chi connectivity index (χ0n) is 13.6. The van der Waals surface area contributed by atoms with Crippen LogP contribution in [0.3, 0.4) is 0 Å². The van der Waals surface area contributed by atoms with Crippen LogP contribution in [-0.2, 0) is 4.74 Å². The van der Waals surface area contributed by atoms with Crippen molar-refractivity contribution in [3.05, 3.63) is 42.2 Å². The second kappa shape index (κ2) is 6.80. The number of nitrogens with zero attached hydrogens (tertiary/aromatic N) is 2. The number of rotatable bonds is 6. The summed E-state index contributed by atoms with van der Waals surface area (Å²) in [6, 6.07) is 6.85. The average molecular weight is 325 g/mol. The number of anilines is 1. The molecule has 6 heteroatoms. The van der Waals surface area contributed by atoms with Gasteiger partial charge in [-0.3, -0.25) is 4.98 Å². The predicted octanol–water partition coefficient (Wildman–Crippen LogP) is 3.32. The molecule has 0 radical (unpaired) electrons. The normalized spacial score (nSPS) is 11.3. The van der Waals surface area contributed by atoms with E-state index in [1.807, 2.05) is 19.9 Å². The molecule has 0 spiro atoms. The quantitative estimate of drug-likeness (QED) is 0.534. The van der Waals surface area contributed by atoms with Gasteiger partial charge in [0.25, 0.3) is 0 Å². The fourth-order valence-corrected chi connectivity index (χ4v) is 2.58. The zero-order chi connectivity index (χ0) is 17.1. The minimum absolute atomic E-state index is 0.176. The summed E-state index contributed by atoms with van der Waals surface area (Å²) in [6.45, 7) is 5.16. The maximum absolute atomic E-state index is 11.2. The smallest absolute Gasteiger partial charge is 0.335 e. The summed E-state index contributed by atoms with van der Waals surface area (Å²) in [7, 11) is 0. The van der Waals surface area contributed by atoms with Gasteiger partial charge in [0, 0.05) is 35.1 Å². The Balaban J connectivity index is 2.03. The largest absolute Gasteiger partial charge is 0.478 e. The average Bonchev–Trinajstić information content (AvgIpc) is 2.57. The van der Waals surface area contributed by atoms with E-state index in [1.54, 1.807) is 30.6 Å². The van der Waals surface area contributed by atoms with Crippen molar-refractivity contribution in [3.8, 4) is 0 Å². The monoisotopic (exact) mass is 325 g/mol. The molecule has 2 N–H and O–H groups in total. The highest BCUT2D eigenvalue weighted by molar-refractivity contribution is 6.10. The fraction of sp³-hybridized carbons (Fsp3) is 0.278. The maximum atomic E-state index is 11.2. The molecule has 0 aliphatic heterocycles. The number of aromatic nitrogens is 2. The first-order chi connectivity index (χ1) is 11.6. The van der Waals surface area contributed by atoms with Gasteiger partial charge in [-0.15, -0.1) is 0 Å². The van der Waals surface area contributed by atoms with Crippen molar-refractivity contribution in [2.24, 2.45) is 0 Å². The summed E-state index contributed by atoms with van der Waals surface area (Å²) in [6.07, 6.45) is 3.67. The van der Waals surface area contributed by atoms with E-state index in [-0.39, 0.29) is 11.7 Å². The van der Waals surface area contributed by atoms with Gasteiger partial charge < -0.3 is 15.2 Å². The minimum Gasteiger partial charge on any atom is -0.478 e. The zero-order valence-corrected chi connectivity index (χ0v) is 13.6. The van der Waals surface area contributed by atoms with Crippen molar-refractivity contribution < 1.29 is 14.6 Å². The van der Waals surface area contributed by atoms with Crippen LogP contribution in [0.4, 0.5) is 5.82 Å². The van der Waals surface area contributed by atoms with E-state index >= 15 is 0 Å². The van der Waals surface area contributed by atoms with E-state index in [0.29, 0.717) is 24.5 Å². The molecule has 3 rings (SSSR count). The molecular weight excluding hydrogens is 306 g/mol. The lowest BCUT2D eigenvalue weighted by Gasteiger charge is -2.13. The Labute approximate surface area is 139 Å². The Kier molecular flexibility index (Phi) is 4.57.